The van der Waals surface area contributed by atoms with Crippen molar-refractivity contribution in [3.8, 4) is 0 Å². The summed E-state index contributed by atoms with van der Waals surface area (Å²) >= 11 is 0. The molecule has 1 aliphatic rings. The molecule has 0 radical (unpaired) electrons. The van der Waals surface area contributed by atoms with E-state index in [1.54, 1.807) is 5.57 Å². The summed E-state index contributed by atoms with van der Waals surface area (Å²) in [5, 5.41) is 0. The average molecular weight is 178 g/mol. The van der Waals surface area contributed by atoms with Gasteiger partial charge in [-0.25, -0.2) is 11.5 Å². The molecule has 1 heterocycles. The van der Waals surface area contributed by atoms with E-state index in [4.69, 9.17) is 6.57 Å². The highest BCUT2D eigenvalue weighted by atomic mass is 15.2. The third kappa shape index (κ3) is 3.61. The molecule has 0 spiro atoms. The third-order valence-electron chi connectivity index (χ3n) is 2.49. The highest BCUT2D eigenvalue weighted by molar-refractivity contribution is 5.05. The number of unbranched alkanes of at least 4 members (excludes halogenated alkanes) is 1. The van der Waals surface area contributed by atoms with E-state index in [9.17, 15) is 0 Å². The Morgan fingerprint density at radius 3 is 2.69 bits per heavy atom. The van der Waals surface area contributed by atoms with Crippen molar-refractivity contribution in [1.82, 2.24) is 4.90 Å². The summed E-state index contributed by atoms with van der Waals surface area (Å²) in [4.78, 5) is 5.64. The first-order valence-corrected chi connectivity index (χ1v) is 5.10. The Morgan fingerprint density at radius 2 is 2.15 bits per heavy atom. The van der Waals surface area contributed by atoms with Gasteiger partial charge in [0.05, 0.1) is 0 Å². The van der Waals surface area contributed by atoms with Crippen LogP contribution in [0.25, 0.3) is 4.85 Å². The summed E-state index contributed by atoms with van der Waals surface area (Å²) < 4.78 is 0. The third-order valence-corrected chi connectivity index (χ3v) is 2.49. The predicted molar refractivity (Wildman–Crippen MR) is 55.3 cm³/mol. The van der Waals surface area contributed by atoms with Crippen LogP contribution in [0.5, 0.6) is 0 Å². The quantitative estimate of drug-likeness (QED) is 0.476. The van der Waals surface area contributed by atoms with Crippen molar-refractivity contribution in [2.75, 3.05) is 19.8 Å². The molecule has 0 aliphatic carbocycles. The monoisotopic (exact) mass is 178 g/mol. The van der Waals surface area contributed by atoms with Crippen molar-refractivity contribution < 1.29 is 0 Å². The van der Waals surface area contributed by atoms with E-state index in [2.05, 4.69) is 22.7 Å². The molecule has 0 aromatic heterocycles. The summed E-state index contributed by atoms with van der Waals surface area (Å²) in [6, 6.07) is 0. The molecule has 0 saturated carbocycles. The van der Waals surface area contributed by atoms with Gasteiger partial charge in [-0.05, 0) is 19.3 Å². The smallest absolute Gasteiger partial charge is 0.270 e. The maximum absolute atomic E-state index is 6.77. The molecule has 2 heteroatoms. The van der Waals surface area contributed by atoms with Gasteiger partial charge in [-0.1, -0.05) is 25.0 Å². The van der Waals surface area contributed by atoms with E-state index >= 15 is 0 Å². The Hall–Kier alpha value is -0.810. The molecule has 72 valence electrons. The van der Waals surface area contributed by atoms with Crippen molar-refractivity contribution in [3.05, 3.63) is 23.1 Å². The number of piperidine rings is 1. The van der Waals surface area contributed by atoms with Gasteiger partial charge in [-0.3, -0.25) is 4.85 Å². The molecule has 0 aromatic rings. The van der Waals surface area contributed by atoms with Gasteiger partial charge in [0.1, 0.15) is 0 Å². The fourth-order valence-electron chi connectivity index (χ4n) is 1.63. The minimum atomic E-state index is 0.584. The van der Waals surface area contributed by atoms with Crippen LogP contribution in [0.2, 0.25) is 0 Å². The Labute approximate surface area is 81.1 Å². The predicted octanol–water partition coefficient (Wildman–Crippen LogP) is 2.69. The average Bonchev–Trinajstić information content (AvgIpc) is 2.17. The van der Waals surface area contributed by atoms with Crippen molar-refractivity contribution in [3.63, 3.8) is 0 Å². The van der Waals surface area contributed by atoms with Crippen molar-refractivity contribution in [1.29, 1.82) is 0 Å². The number of rotatable bonds is 3. The molecule has 2 nitrogen and oxygen atoms in total. The zero-order chi connectivity index (χ0) is 9.52. The molecule has 1 rings (SSSR count). The summed E-state index contributed by atoms with van der Waals surface area (Å²) in [6.45, 7) is 11.7. The van der Waals surface area contributed by atoms with Gasteiger partial charge in [0.25, 0.3) is 6.67 Å². The highest BCUT2D eigenvalue weighted by Crippen LogP contribution is 2.16. The largest absolute Gasteiger partial charge is 0.299 e. The van der Waals surface area contributed by atoms with E-state index in [1.165, 1.54) is 25.7 Å². The van der Waals surface area contributed by atoms with Crippen LogP contribution in [0.3, 0.4) is 0 Å². The van der Waals surface area contributed by atoms with Crippen molar-refractivity contribution in [2.24, 2.45) is 0 Å². The van der Waals surface area contributed by atoms with E-state index in [0.29, 0.717) is 6.67 Å². The Balaban J connectivity index is 2.27. The van der Waals surface area contributed by atoms with Crippen molar-refractivity contribution >= 4 is 0 Å². The fourth-order valence-corrected chi connectivity index (χ4v) is 1.63. The Bertz CT molecular complexity index is 203. The Morgan fingerprint density at radius 1 is 1.46 bits per heavy atom. The summed E-state index contributed by atoms with van der Waals surface area (Å²) in [5.74, 6) is 0. The normalized spacial score (nSPS) is 18.3. The Kier molecular flexibility index (Phi) is 4.56. The lowest BCUT2D eigenvalue weighted by Gasteiger charge is -2.23. The molecule has 1 aliphatic heterocycles. The number of hydrogen-bond donors (Lipinski definition) is 0. The summed E-state index contributed by atoms with van der Waals surface area (Å²) in [6.07, 6.45) is 7.20. The molecule has 0 atom stereocenters. The molecule has 13 heavy (non-hydrogen) atoms. The molecule has 0 aromatic carbocycles. The molecule has 1 saturated heterocycles. The lowest BCUT2D eigenvalue weighted by Crippen LogP contribution is -2.30. The second-order valence-corrected chi connectivity index (χ2v) is 3.57. The van der Waals surface area contributed by atoms with Gasteiger partial charge in [-0.15, -0.1) is 0 Å². The number of hydrogen-bond acceptors (Lipinski definition) is 1. The maximum Gasteiger partial charge on any atom is 0.270 e. The van der Waals surface area contributed by atoms with Crippen LogP contribution in [0, 0.1) is 6.57 Å². The second-order valence-electron chi connectivity index (χ2n) is 3.57. The first kappa shape index (κ1) is 10.3. The molecular formula is C11H18N2. The lowest BCUT2D eigenvalue weighted by atomic mass is 10.0. The van der Waals surface area contributed by atoms with Crippen LogP contribution in [0.4, 0.5) is 0 Å². The SMILES string of the molecule is [C-]#[N+]CN1CCC(=CCCC)CC1. The van der Waals surface area contributed by atoms with Crippen LogP contribution in [-0.4, -0.2) is 24.7 Å². The first-order valence-electron chi connectivity index (χ1n) is 5.10. The van der Waals surface area contributed by atoms with Gasteiger partial charge >= 0.3 is 0 Å². The molecule has 0 N–H and O–H groups in total. The van der Waals surface area contributed by atoms with E-state index in [0.717, 1.165) is 13.1 Å². The zero-order valence-corrected chi connectivity index (χ0v) is 8.42. The van der Waals surface area contributed by atoms with Crippen LogP contribution in [0.1, 0.15) is 32.6 Å². The topological polar surface area (TPSA) is 7.60 Å². The summed E-state index contributed by atoms with van der Waals surface area (Å²) in [7, 11) is 0. The fraction of sp³-hybridized carbons (Fsp3) is 0.727. The summed E-state index contributed by atoms with van der Waals surface area (Å²) in [5.41, 5.74) is 1.60. The lowest BCUT2D eigenvalue weighted by molar-refractivity contribution is 0.281. The second kappa shape index (κ2) is 5.77. The molecule has 1 fully saturated rings. The highest BCUT2D eigenvalue weighted by Gasteiger charge is 2.14. The van der Waals surface area contributed by atoms with E-state index < -0.39 is 0 Å². The van der Waals surface area contributed by atoms with Crippen LogP contribution >= 0.6 is 0 Å². The van der Waals surface area contributed by atoms with Gasteiger partial charge in [0, 0.05) is 13.1 Å². The van der Waals surface area contributed by atoms with Crippen LogP contribution in [0.15, 0.2) is 11.6 Å². The standard InChI is InChI=1S/C11H18N2/c1-3-4-5-11-6-8-13(9-7-11)10-12-2/h5H,3-4,6-10H2,1H3. The van der Waals surface area contributed by atoms with Crippen LogP contribution in [-0.2, 0) is 0 Å². The number of nitrogens with zero attached hydrogens (tertiary/aromatic N) is 2. The minimum absolute atomic E-state index is 0.584. The van der Waals surface area contributed by atoms with Gasteiger partial charge in [0.2, 0.25) is 0 Å². The van der Waals surface area contributed by atoms with E-state index in [1.807, 2.05) is 0 Å². The zero-order valence-electron chi connectivity index (χ0n) is 8.42. The molecular weight excluding hydrogens is 160 g/mol. The number of likely N-dealkylation sites (tertiary alicyclic amines) is 1. The maximum atomic E-state index is 6.77. The van der Waals surface area contributed by atoms with Gasteiger partial charge in [0.15, 0.2) is 0 Å². The van der Waals surface area contributed by atoms with Gasteiger partial charge in [-0.2, -0.15) is 0 Å². The van der Waals surface area contributed by atoms with Crippen molar-refractivity contribution in [2.45, 2.75) is 32.6 Å². The van der Waals surface area contributed by atoms with E-state index in [-0.39, 0.29) is 0 Å². The molecule has 0 bridgehead atoms. The van der Waals surface area contributed by atoms with Gasteiger partial charge < -0.3 is 0 Å². The minimum Gasteiger partial charge on any atom is -0.299 e. The molecule has 0 unspecified atom stereocenters. The first-order chi connectivity index (χ1) is 6.36. The number of allylic oxidation sites excluding steroid dienone is 1. The molecule has 0 amide bonds. The van der Waals surface area contributed by atoms with Crippen LogP contribution < -0.4 is 0 Å².